The number of halogens is 1. The van der Waals surface area contributed by atoms with Crippen LogP contribution in [0.15, 0.2) is 53.0 Å². The maximum atomic E-state index is 12.2. The minimum atomic E-state index is -0.813. The van der Waals surface area contributed by atoms with Crippen molar-refractivity contribution in [3.8, 4) is 5.75 Å². The molecule has 0 aliphatic heterocycles. The van der Waals surface area contributed by atoms with Gasteiger partial charge in [-0.1, -0.05) is 40.2 Å². The molecule has 2 aromatic carbocycles. The molecular weight excluding hydrogens is 338 g/mol. The maximum Gasteiger partial charge on any atom is 0.310 e. The second kappa shape index (κ2) is 6.49. The van der Waals surface area contributed by atoms with Gasteiger partial charge < -0.3 is 4.74 Å². The molecule has 1 atom stereocenters. The Hall–Kier alpha value is -2.21. The fourth-order valence-corrected chi connectivity index (χ4v) is 2.06. The van der Waals surface area contributed by atoms with E-state index in [0.717, 1.165) is 4.47 Å². The van der Waals surface area contributed by atoms with Crippen LogP contribution in [0.2, 0.25) is 0 Å². The molecule has 0 aliphatic carbocycles. The van der Waals surface area contributed by atoms with Crippen molar-refractivity contribution in [3.05, 3.63) is 68.7 Å². The van der Waals surface area contributed by atoms with E-state index in [1.165, 1.54) is 12.1 Å². The van der Waals surface area contributed by atoms with E-state index in [0.29, 0.717) is 5.56 Å². The van der Waals surface area contributed by atoms with Crippen LogP contribution < -0.4 is 4.74 Å². The van der Waals surface area contributed by atoms with Crippen molar-refractivity contribution < 1.29 is 14.5 Å². The van der Waals surface area contributed by atoms with Crippen LogP contribution in [0.1, 0.15) is 17.3 Å². The van der Waals surface area contributed by atoms with E-state index in [-0.39, 0.29) is 17.2 Å². The minimum absolute atomic E-state index is 0.0838. The highest BCUT2D eigenvalue weighted by molar-refractivity contribution is 9.10. The summed E-state index contributed by atoms with van der Waals surface area (Å²) in [5.74, 6) is -0.152. The first-order valence-electron chi connectivity index (χ1n) is 6.19. The third-order valence-electron chi connectivity index (χ3n) is 2.86. The lowest BCUT2D eigenvalue weighted by Crippen LogP contribution is -2.24. The molecule has 0 fully saturated rings. The maximum absolute atomic E-state index is 12.2. The highest BCUT2D eigenvalue weighted by Crippen LogP contribution is 2.27. The second-order valence-electron chi connectivity index (χ2n) is 4.36. The fraction of sp³-hybridized carbons (Fsp3) is 0.133. The quantitative estimate of drug-likeness (QED) is 0.464. The van der Waals surface area contributed by atoms with Gasteiger partial charge >= 0.3 is 5.69 Å². The van der Waals surface area contributed by atoms with E-state index in [1.807, 2.05) is 0 Å². The normalized spacial score (nSPS) is 11.7. The number of hydrogen-bond donors (Lipinski definition) is 0. The summed E-state index contributed by atoms with van der Waals surface area (Å²) in [5.41, 5.74) is 0.331. The first-order valence-corrected chi connectivity index (χ1v) is 6.98. The zero-order valence-corrected chi connectivity index (χ0v) is 12.7. The number of ether oxygens (including phenoxy) is 1. The van der Waals surface area contributed by atoms with Crippen molar-refractivity contribution in [2.75, 3.05) is 0 Å². The Kier molecular flexibility index (Phi) is 4.70. The molecule has 0 heterocycles. The first kappa shape index (κ1) is 15.2. The molecule has 0 bridgehead atoms. The molecule has 2 rings (SSSR count). The molecule has 108 valence electrons. The largest absolute Gasteiger partial charge is 0.475 e. The molecule has 6 heteroatoms. The summed E-state index contributed by atoms with van der Waals surface area (Å²) in [6, 6.07) is 12.8. The van der Waals surface area contributed by atoms with E-state index in [9.17, 15) is 14.9 Å². The van der Waals surface area contributed by atoms with Gasteiger partial charge in [0.2, 0.25) is 5.78 Å². The number of para-hydroxylation sites is 2. The van der Waals surface area contributed by atoms with Crippen molar-refractivity contribution in [3.63, 3.8) is 0 Å². The SMILES string of the molecule is CC(Oc1ccccc1[N+](=O)[O-])C(=O)c1ccc(Br)cc1. The average Bonchev–Trinajstić information content (AvgIpc) is 2.47. The van der Waals surface area contributed by atoms with E-state index >= 15 is 0 Å². The molecule has 0 aromatic heterocycles. The minimum Gasteiger partial charge on any atom is -0.475 e. The summed E-state index contributed by atoms with van der Waals surface area (Å²) in [4.78, 5) is 22.6. The Morgan fingerprint density at radius 2 is 1.81 bits per heavy atom. The topological polar surface area (TPSA) is 69.4 Å². The second-order valence-corrected chi connectivity index (χ2v) is 5.27. The smallest absolute Gasteiger partial charge is 0.310 e. The highest BCUT2D eigenvalue weighted by Gasteiger charge is 2.21. The summed E-state index contributed by atoms with van der Waals surface area (Å²) < 4.78 is 6.32. The molecule has 0 radical (unpaired) electrons. The number of nitro benzene ring substituents is 1. The molecular formula is C15H12BrNO4. The number of nitro groups is 1. The van der Waals surface area contributed by atoms with Gasteiger partial charge in [-0.25, -0.2) is 0 Å². The predicted octanol–water partition coefficient (Wildman–Crippen LogP) is 4.01. The van der Waals surface area contributed by atoms with Crippen LogP contribution >= 0.6 is 15.9 Å². The van der Waals surface area contributed by atoms with Crippen molar-refractivity contribution >= 4 is 27.4 Å². The molecule has 0 amide bonds. The number of nitrogens with zero attached hydrogens (tertiary/aromatic N) is 1. The summed E-state index contributed by atoms with van der Waals surface area (Å²) in [6.07, 6.45) is -0.813. The lowest BCUT2D eigenvalue weighted by atomic mass is 10.1. The van der Waals surface area contributed by atoms with Crippen LogP contribution in [0.5, 0.6) is 5.75 Å². The Labute approximate surface area is 129 Å². The number of ketones is 1. The van der Waals surface area contributed by atoms with Crippen LogP contribution in [-0.2, 0) is 0 Å². The first-order chi connectivity index (χ1) is 9.99. The zero-order valence-electron chi connectivity index (χ0n) is 11.2. The third kappa shape index (κ3) is 3.66. The molecule has 0 saturated carbocycles. The molecule has 0 spiro atoms. The van der Waals surface area contributed by atoms with Crippen LogP contribution in [0.3, 0.4) is 0 Å². The number of hydrogen-bond acceptors (Lipinski definition) is 4. The number of rotatable bonds is 5. The lowest BCUT2D eigenvalue weighted by Gasteiger charge is -2.13. The van der Waals surface area contributed by atoms with Gasteiger partial charge in [-0.05, 0) is 25.1 Å². The third-order valence-corrected chi connectivity index (χ3v) is 3.39. The average molecular weight is 350 g/mol. The molecule has 0 saturated heterocycles. The van der Waals surface area contributed by atoms with Gasteiger partial charge in [-0.2, -0.15) is 0 Å². The monoisotopic (exact) mass is 349 g/mol. The number of benzene rings is 2. The van der Waals surface area contributed by atoms with Gasteiger partial charge in [0.1, 0.15) is 0 Å². The molecule has 1 unspecified atom stereocenters. The van der Waals surface area contributed by atoms with Crippen molar-refractivity contribution in [2.24, 2.45) is 0 Å². The van der Waals surface area contributed by atoms with Crippen molar-refractivity contribution in [1.82, 2.24) is 0 Å². The van der Waals surface area contributed by atoms with Gasteiger partial charge in [-0.15, -0.1) is 0 Å². The lowest BCUT2D eigenvalue weighted by molar-refractivity contribution is -0.386. The van der Waals surface area contributed by atoms with Crippen LogP contribution in [0, 0.1) is 10.1 Å². The number of Topliss-reactive ketones (excluding diaryl/α,β-unsaturated/α-hetero) is 1. The predicted molar refractivity (Wildman–Crippen MR) is 81.7 cm³/mol. The zero-order chi connectivity index (χ0) is 15.4. The van der Waals surface area contributed by atoms with Crippen LogP contribution in [-0.4, -0.2) is 16.8 Å². The van der Waals surface area contributed by atoms with Gasteiger partial charge in [0, 0.05) is 16.1 Å². The summed E-state index contributed by atoms with van der Waals surface area (Å²) >= 11 is 3.29. The Morgan fingerprint density at radius 3 is 2.43 bits per heavy atom. The molecule has 5 nitrogen and oxygen atoms in total. The Bertz CT molecular complexity index is 670. The number of carbonyl (C=O) groups excluding carboxylic acids is 1. The summed E-state index contributed by atoms with van der Waals surface area (Å²) in [7, 11) is 0. The van der Waals surface area contributed by atoms with Gasteiger partial charge in [0.05, 0.1) is 4.92 Å². The Morgan fingerprint density at radius 1 is 1.19 bits per heavy atom. The van der Waals surface area contributed by atoms with E-state index in [2.05, 4.69) is 15.9 Å². The van der Waals surface area contributed by atoms with E-state index < -0.39 is 11.0 Å². The molecule has 2 aromatic rings. The van der Waals surface area contributed by atoms with E-state index in [4.69, 9.17) is 4.74 Å². The van der Waals surface area contributed by atoms with Crippen molar-refractivity contribution in [2.45, 2.75) is 13.0 Å². The van der Waals surface area contributed by atoms with E-state index in [1.54, 1.807) is 43.3 Å². The fourth-order valence-electron chi connectivity index (χ4n) is 1.80. The molecule has 0 aliphatic rings. The standard InChI is InChI=1S/C15H12BrNO4/c1-10(15(18)11-6-8-12(16)9-7-11)21-14-5-3-2-4-13(14)17(19)20/h2-10H,1H3. The molecule has 21 heavy (non-hydrogen) atoms. The van der Waals surface area contributed by atoms with Gasteiger partial charge in [0.15, 0.2) is 11.9 Å². The van der Waals surface area contributed by atoms with Crippen molar-refractivity contribution in [1.29, 1.82) is 0 Å². The Balaban J connectivity index is 2.18. The van der Waals surface area contributed by atoms with Gasteiger partial charge in [0.25, 0.3) is 0 Å². The number of carbonyl (C=O) groups is 1. The molecule has 0 N–H and O–H groups in total. The van der Waals surface area contributed by atoms with Gasteiger partial charge in [-0.3, -0.25) is 14.9 Å². The summed E-state index contributed by atoms with van der Waals surface area (Å²) in [6.45, 7) is 1.57. The highest BCUT2D eigenvalue weighted by atomic mass is 79.9. The van der Waals surface area contributed by atoms with Crippen LogP contribution in [0.25, 0.3) is 0 Å². The summed E-state index contributed by atoms with van der Waals surface area (Å²) in [5, 5.41) is 10.9. The van der Waals surface area contributed by atoms with Crippen LogP contribution in [0.4, 0.5) is 5.69 Å².